The summed E-state index contributed by atoms with van der Waals surface area (Å²) in [5.74, 6) is -0.166. The van der Waals surface area contributed by atoms with Gasteiger partial charge in [-0.1, -0.05) is 6.07 Å². The van der Waals surface area contributed by atoms with Crippen molar-refractivity contribution in [1.29, 1.82) is 0 Å². The molecule has 0 aromatic heterocycles. The van der Waals surface area contributed by atoms with Crippen molar-refractivity contribution in [3.8, 4) is 0 Å². The fourth-order valence-corrected chi connectivity index (χ4v) is 3.30. The first-order valence-corrected chi connectivity index (χ1v) is 7.72. The van der Waals surface area contributed by atoms with Gasteiger partial charge in [0, 0.05) is 19.1 Å². The predicted octanol–water partition coefficient (Wildman–Crippen LogP) is 3.14. The minimum Gasteiger partial charge on any atom is -0.393 e. The lowest BCUT2D eigenvalue weighted by molar-refractivity contribution is 0.126. The van der Waals surface area contributed by atoms with Gasteiger partial charge in [-0.15, -0.1) is 0 Å². The lowest BCUT2D eigenvalue weighted by Gasteiger charge is -2.30. The molecule has 3 nitrogen and oxygen atoms in total. The first kappa shape index (κ1) is 13.7. The van der Waals surface area contributed by atoms with E-state index in [0.29, 0.717) is 5.69 Å². The van der Waals surface area contributed by atoms with Crippen molar-refractivity contribution >= 4 is 11.4 Å². The molecule has 1 aromatic carbocycles. The van der Waals surface area contributed by atoms with E-state index in [1.54, 1.807) is 6.07 Å². The minimum absolute atomic E-state index is 0.166. The Morgan fingerprint density at radius 1 is 1.10 bits per heavy atom. The second kappa shape index (κ2) is 6.00. The Labute approximate surface area is 119 Å². The monoisotopic (exact) mass is 278 g/mol. The molecular formula is C16H23FN2O. The summed E-state index contributed by atoms with van der Waals surface area (Å²) >= 11 is 0. The third-order valence-electron chi connectivity index (χ3n) is 4.48. The quantitative estimate of drug-likeness (QED) is 0.891. The van der Waals surface area contributed by atoms with Gasteiger partial charge in [-0.3, -0.25) is 0 Å². The van der Waals surface area contributed by atoms with Crippen molar-refractivity contribution in [2.75, 3.05) is 23.3 Å². The molecule has 2 N–H and O–H groups in total. The van der Waals surface area contributed by atoms with E-state index in [4.69, 9.17) is 0 Å². The van der Waals surface area contributed by atoms with E-state index >= 15 is 0 Å². The van der Waals surface area contributed by atoms with Crippen molar-refractivity contribution in [3.05, 3.63) is 24.0 Å². The summed E-state index contributed by atoms with van der Waals surface area (Å²) in [5, 5.41) is 13.0. The largest absolute Gasteiger partial charge is 0.393 e. The highest BCUT2D eigenvalue weighted by Gasteiger charge is 2.23. The van der Waals surface area contributed by atoms with E-state index in [2.05, 4.69) is 10.2 Å². The molecule has 1 saturated heterocycles. The van der Waals surface area contributed by atoms with Crippen LogP contribution in [-0.4, -0.2) is 30.3 Å². The van der Waals surface area contributed by atoms with Crippen LogP contribution in [0.4, 0.5) is 15.8 Å². The zero-order valence-electron chi connectivity index (χ0n) is 11.8. The van der Waals surface area contributed by atoms with Gasteiger partial charge in [-0.05, 0) is 50.7 Å². The van der Waals surface area contributed by atoms with Gasteiger partial charge in [0.15, 0.2) is 0 Å². The predicted molar refractivity (Wildman–Crippen MR) is 79.7 cm³/mol. The van der Waals surface area contributed by atoms with Gasteiger partial charge in [-0.25, -0.2) is 4.39 Å². The van der Waals surface area contributed by atoms with E-state index in [1.807, 2.05) is 6.07 Å². The number of anilines is 2. The van der Waals surface area contributed by atoms with Crippen LogP contribution in [0.25, 0.3) is 0 Å². The first-order chi connectivity index (χ1) is 9.74. The Bertz CT molecular complexity index is 452. The zero-order chi connectivity index (χ0) is 13.9. The van der Waals surface area contributed by atoms with Crippen molar-refractivity contribution in [2.45, 2.75) is 50.7 Å². The van der Waals surface area contributed by atoms with Gasteiger partial charge in [-0.2, -0.15) is 0 Å². The van der Waals surface area contributed by atoms with Crippen LogP contribution in [0.1, 0.15) is 38.5 Å². The molecule has 1 aliphatic carbocycles. The number of aliphatic hydroxyl groups excluding tert-OH is 1. The molecule has 110 valence electrons. The second-order valence-corrected chi connectivity index (χ2v) is 5.98. The lowest BCUT2D eigenvalue weighted by Crippen LogP contribution is -2.30. The topological polar surface area (TPSA) is 35.5 Å². The molecule has 20 heavy (non-hydrogen) atoms. The number of hydrogen-bond acceptors (Lipinski definition) is 3. The number of hydrogen-bond donors (Lipinski definition) is 2. The Kier molecular flexibility index (Phi) is 4.10. The molecule has 3 rings (SSSR count). The normalized spacial score (nSPS) is 26.8. The van der Waals surface area contributed by atoms with Gasteiger partial charge >= 0.3 is 0 Å². The fraction of sp³-hybridized carbons (Fsp3) is 0.625. The fourth-order valence-electron chi connectivity index (χ4n) is 3.30. The molecule has 0 atom stereocenters. The number of aliphatic hydroxyl groups is 1. The number of para-hydroxylation sites is 1. The molecule has 2 aliphatic rings. The van der Waals surface area contributed by atoms with E-state index in [0.717, 1.165) is 44.5 Å². The summed E-state index contributed by atoms with van der Waals surface area (Å²) in [4.78, 5) is 2.27. The highest BCUT2D eigenvalue weighted by atomic mass is 19.1. The smallest absolute Gasteiger partial charge is 0.148 e. The zero-order valence-corrected chi connectivity index (χ0v) is 11.8. The van der Waals surface area contributed by atoms with Crippen molar-refractivity contribution in [1.82, 2.24) is 0 Å². The van der Waals surface area contributed by atoms with E-state index in [9.17, 15) is 9.50 Å². The number of nitrogens with one attached hydrogen (secondary N) is 1. The van der Waals surface area contributed by atoms with Crippen molar-refractivity contribution in [3.63, 3.8) is 0 Å². The highest BCUT2D eigenvalue weighted by Crippen LogP contribution is 2.33. The summed E-state index contributed by atoms with van der Waals surface area (Å²) in [6.07, 6.45) is 5.64. The SMILES string of the molecule is OC1CCC(Nc2c(F)cccc2N2CCCC2)CC1. The van der Waals surface area contributed by atoms with Crippen LogP contribution in [-0.2, 0) is 0 Å². The molecule has 0 bridgehead atoms. The van der Waals surface area contributed by atoms with Gasteiger partial charge in [0.2, 0.25) is 0 Å². The molecule has 4 heteroatoms. The first-order valence-electron chi connectivity index (χ1n) is 7.72. The number of rotatable bonds is 3. The van der Waals surface area contributed by atoms with Crippen LogP contribution < -0.4 is 10.2 Å². The van der Waals surface area contributed by atoms with Crippen LogP contribution in [0.15, 0.2) is 18.2 Å². The lowest BCUT2D eigenvalue weighted by atomic mass is 9.93. The second-order valence-electron chi connectivity index (χ2n) is 5.98. The standard InChI is InChI=1S/C16H23FN2O/c17-14-4-3-5-15(19-10-1-2-11-19)16(14)18-12-6-8-13(20)9-7-12/h3-5,12-13,18,20H,1-2,6-11H2. The van der Waals surface area contributed by atoms with Crippen molar-refractivity contribution in [2.24, 2.45) is 0 Å². The summed E-state index contributed by atoms with van der Waals surface area (Å²) in [7, 11) is 0. The summed E-state index contributed by atoms with van der Waals surface area (Å²) in [6.45, 7) is 2.03. The third-order valence-corrected chi connectivity index (χ3v) is 4.48. The maximum Gasteiger partial charge on any atom is 0.148 e. The summed E-state index contributed by atoms with van der Waals surface area (Å²) < 4.78 is 14.2. The van der Waals surface area contributed by atoms with Crippen molar-refractivity contribution < 1.29 is 9.50 Å². The molecular weight excluding hydrogens is 255 g/mol. The van der Waals surface area contributed by atoms with E-state index in [-0.39, 0.29) is 18.0 Å². The Balaban J connectivity index is 1.77. The van der Waals surface area contributed by atoms with Crippen LogP contribution in [0.2, 0.25) is 0 Å². The maximum absolute atomic E-state index is 14.2. The van der Waals surface area contributed by atoms with Crippen LogP contribution >= 0.6 is 0 Å². The minimum atomic E-state index is -0.174. The molecule has 1 aromatic rings. The molecule has 0 unspecified atom stereocenters. The average Bonchev–Trinajstić information content (AvgIpc) is 2.97. The Morgan fingerprint density at radius 3 is 2.50 bits per heavy atom. The van der Waals surface area contributed by atoms with Crippen LogP contribution in [0.5, 0.6) is 0 Å². The number of nitrogens with zero attached hydrogens (tertiary/aromatic N) is 1. The van der Waals surface area contributed by atoms with E-state index < -0.39 is 0 Å². The number of halogens is 1. The Morgan fingerprint density at radius 2 is 1.80 bits per heavy atom. The van der Waals surface area contributed by atoms with Gasteiger partial charge < -0.3 is 15.3 Å². The molecule has 2 fully saturated rings. The van der Waals surface area contributed by atoms with Gasteiger partial charge in [0.1, 0.15) is 5.82 Å². The molecule has 0 radical (unpaired) electrons. The number of benzene rings is 1. The summed E-state index contributed by atoms with van der Waals surface area (Å²) in [5.41, 5.74) is 1.64. The van der Waals surface area contributed by atoms with Gasteiger partial charge in [0.05, 0.1) is 17.5 Å². The molecule has 1 heterocycles. The van der Waals surface area contributed by atoms with Gasteiger partial charge in [0.25, 0.3) is 0 Å². The van der Waals surface area contributed by atoms with Crippen LogP contribution in [0, 0.1) is 5.82 Å². The van der Waals surface area contributed by atoms with E-state index in [1.165, 1.54) is 18.9 Å². The average molecular weight is 278 g/mol. The third kappa shape index (κ3) is 2.90. The molecule has 1 aliphatic heterocycles. The molecule has 0 spiro atoms. The Hall–Kier alpha value is -1.29. The summed E-state index contributed by atoms with van der Waals surface area (Å²) in [6, 6.07) is 5.60. The maximum atomic E-state index is 14.2. The molecule has 0 amide bonds. The molecule has 1 saturated carbocycles. The highest BCUT2D eigenvalue weighted by molar-refractivity contribution is 5.71. The van der Waals surface area contributed by atoms with Crippen LogP contribution in [0.3, 0.4) is 0 Å².